The summed E-state index contributed by atoms with van der Waals surface area (Å²) in [6.45, 7) is 2.22. The largest absolute Gasteiger partial charge is 0.459 e. The molecule has 0 radical (unpaired) electrons. The van der Waals surface area contributed by atoms with Gasteiger partial charge in [0.05, 0.1) is 6.26 Å². The molecule has 2 aromatic heterocycles. The van der Waals surface area contributed by atoms with Crippen molar-refractivity contribution < 1.29 is 18.4 Å². The summed E-state index contributed by atoms with van der Waals surface area (Å²) in [5.74, 6) is -0.00334. The zero-order chi connectivity index (χ0) is 19.5. The highest BCUT2D eigenvalue weighted by Crippen LogP contribution is 2.24. The molecule has 6 heteroatoms. The first-order valence-corrected chi connectivity index (χ1v) is 8.82. The molecule has 0 bridgehead atoms. The average Bonchev–Trinajstić information content (AvgIpc) is 3.36. The molecule has 28 heavy (non-hydrogen) atoms. The number of para-hydroxylation sites is 1. The van der Waals surface area contributed by atoms with Gasteiger partial charge in [0.15, 0.2) is 11.5 Å². The number of benzene rings is 2. The summed E-state index contributed by atoms with van der Waals surface area (Å²) in [6.07, 6.45) is 1.45. The van der Waals surface area contributed by atoms with E-state index < -0.39 is 0 Å². The fraction of sp³-hybridized carbons (Fsp3) is 0.0909. The Balaban J connectivity index is 1.38. The summed E-state index contributed by atoms with van der Waals surface area (Å²) < 4.78 is 10.7. The van der Waals surface area contributed by atoms with Crippen LogP contribution in [0.5, 0.6) is 0 Å². The molecule has 0 aliphatic heterocycles. The number of amides is 2. The molecule has 6 nitrogen and oxygen atoms in total. The predicted molar refractivity (Wildman–Crippen MR) is 105 cm³/mol. The Kier molecular flexibility index (Phi) is 4.68. The van der Waals surface area contributed by atoms with Crippen molar-refractivity contribution in [1.29, 1.82) is 0 Å². The highest BCUT2D eigenvalue weighted by Gasteiger charge is 2.17. The molecule has 2 amide bonds. The minimum absolute atomic E-state index is 0.248. The summed E-state index contributed by atoms with van der Waals surface area (Å²) >= 11 is 0. The van der Waals surface area contributed by atoms with Crippen molar-refractivity contribution in [2.45, 2.75) is 13.5 Å². The molecule has 0 atom stereocenters. The summed E-state index contributed by atoms with van der Waals surface area (Å²) in [7, 11) is 0. The first kappa shape index (κ1) is 17.6. The molecule has 2 heterocycles. The molecule has 0 saturated heterocycles. The van der Waals surface area contributed by atoms with Gasteiger partial charge in [0, 0.05) is 23.2 Å². The monoisotopic (exact) mass is 374 g/mol. The van der Waals surface area contributed by atoms with Gasteiger partial charge in [0.1, 0.15) is 5.58 Å². The molecule has 0 aliphatic rings. The van der Waals surface area contributed by atoms with Gasteiger partial charge < -0.3 is 19.5 Å². The van der Waals surface area contributed by atoms with Crippen LogP contribution in [-0.4, -0.2) is 11.8 Å². The predicted octanol–water partition coefficient (Wildman–Crippen LogP) is 4.52. The second-order valence-corrected chi connectivity index (χ2v) is 6.36. The zero-order valence-electron chi connectivity index (χ0n) is 15.2. The number of hydrogen-bond donors (Lipinski definition) is 2. The average molecular weight is 374 g/mol. The van der Waals surface area contributed by atoms with Gasteiger partial charge in [-0.1, -0.05) is 30.3 Å². The van der Waals surface area contributed by atoms with Gasteiger partial charge in [0.2, 0.25) is 0 Å². The smallest absolute Gasteiger partial charge is 0.291 e. The van der Waals surface area contributed by atoms with Crippen molar-refractivity contribution in [3.8, 4) is 0 Å². The van der Waals surface area contributed by atoms with Gasteiger partial charge >= 0.3 is 0 Å². The van der Waals surface area contributed by atoms with Crippen LogP contribution in [0.4, 0.5) is 5.69 Å². The Morgan fingerprint density at radius 2 is 1.71 bits per heavy atom. The third-order valence-corrected chi connectivity index (χ3v) is 4.46. The van der Waals surface area contributed by atoms with Crippen molar-refractivity contribution in [2.75, 3.05) is 5.32 Å². The quantitative estimate of drug-likeness (QED) is 0.538. The number of carbonyl (C=O) groups excluding carboxylic acids is 2. The van der Waals surface area contributed by atoms with E-state index in [0.29, 0.717) is 23.6 Å². The molecular formula is C22H18N2O4. The van der Waals surface area contributed by atoms with Gasteiger partial charge in [-0.25, -0.2) is 0 Å². The molecule has 0 unspecified atom stereocenters. The highest BCUT2D eigenvalue weighted by molar-refractivity contribution is 6.02. The molecule has 2 aromatic carbocycles. The lowest BCUT2D eigenvalue weighted by Crippen LogP contribution is -2.23. The van der Waals surface area contributed by atoms with Crippen molar-refractivity contribution in [1.82, 2.24) is 5.32 Å². The van der Waals surface area contributed by atoms with E-state index in [1.165, 1.54) is 6.26 Å². The van der Waals surface area contributed by atoms with E-state index >= 15 is 0 Å². The normalized spacial score (nSPS) is 10.8. The van der Waals surface area contributed by atoms with Gasteiger partial charge in [0.25, 0.3) is 11.8 Å². The number of rotatable bonds is 5. The van der Waals surface area contributed by atoms with E-state index in [0.717, 1.165) is 16.5 Å². The zero-order valence-corrected chi connectivity index (χ0v) is 15.2. The van der Waals surface area contributed by atoms with Crippen LogP contribution in [-0.2, 0) is 6.54 Å². The number of aryl methyl sites for hydroxylation is 1. The van der Waals surface area contributed by atoms with Crippen molar-refractivity contribution in [3.63, 3.8) is 0 Å². The first-order valence-electron chi connectivity index (χ1n) is 8.82. The maximum Gasteiger partial charge on any atom is 0.291 e. The Morgan fingerprint density at radius 1 is 0.929 bits per heavy atom. The SMILES string of the molecule is Cc1c(C(=O)NCc2ccc(NC(=O)c3ccco3)cc2)oc2ccccc12. The maximum atomic E-state index is 12.5. The van der Waals surface area contributed by atoms with Crippen LogP contribution in [0.2, 0.25) is 0 Å². The van der Waals surface area contributed by atoms with Gasteiger partial charge in [-0.2, -0.15) is 0 Å². The molecule has 0 fully saturated rings. The van der Waals surface area contributed by atoms with E-state index in [2.05, 4.69) is 10.6 Å². The van der Waals surface area contributed by atoms with E-state index in [9.17, 15) is 9.59 Å². The Bertz CT molecular complexity index is 1130. The number of nitrogens with one attached hydrogen (secondary N) is 2. The third kappa shape index (κ3) is 3.53. The highest BCUT2D eigenvalue weighted by atomic mass is 16.3. The third-order valence-electron chi connectivity index (χ3n) is 4.46. The molecule has 4 aromatic rings. The van der Waals surface area contributed by atoms with Crippen LogP contribution in [0.1, 0.15) is 32.2 Å². The van der Waals surface area contributed by atoms with E-state index in [1.54, 1.807) is 24.3 Å². The standard InChI is InChI=1S/C22H18N2O4/c1-14-17-5-2-3-6-18(17)28-20(14)22(26)23-13-15-8-10-16(11-9-15)24-21(25)19-7-4-12-27-19/h2-12H,13H2,1H3,(H,23,26)(H,24,25). The first-order chi connectivity index (χ1) is 13.6. The van der Waals surface area contributed by atoms with Gasteiger partial charge in [-0.15, -0.1) is 0 Å². The van der Waals surface area contributed by atoms with Crippen LogP contribution < -0.4 is 10.6 Å². The number of fused-ring (bicyclic) bond motifs is 1. The number of carbonyl (C=O) groups is 2. The lowest BCUT2D eigenvalue weighted by atomic mass is 10.1. The van der Waals surface area contributed by atoms with E-state index in [-0.39, 0.29) is 17.6 Å². The molecule has 2 N–H and O–H groups in total. The van der Waals surface area contributed by atoms with Gasteiger partial charge in [-0.05, 0) is 42.8 Å². The topological polar surface area (TPSA) is 84.5 Å². The van der Waals surface area contributed by atoms with Crippen LogP contribution in [0.3, 0.4) is 0 Å². The fourth-order valence-corrected chi connectivity index (χ4v) is 2.96. The van der Waals surface area contributed by atoms with Crippen molar-refractivity contribution >= 4 is 28.5 Å². The molecule has 4 rings (SSSR count). The van der Waals surface area contributed by atoms with Crippen molar-refractivity contribution in [3.05, 3.63) is 89.6 Å². The van der Waals surface area contributed by atoms with Crippen LogP contribution in [0.15, 0.2) is 75.8 Å². The van der Waals surface area contributed by atoms with E-state index in [1.807, 2.05) is 43.3 Å². The van der Waals surface area contributed by atoms with Gasteiger partial charge in [-0.3, -0.25) is 9.59 Å². The number of anilines is 1. The lowest BCUT2D eigenvalue weighted by Gasteiger charge is -2.07. The molecule has 0 aliphatic carbocycles. The van der Waals surface area contributed by atoms with Crippen molar-refractivity contribution in [2.24, 2.45) is 0 Å². The second kappa shape index (κ2) is 7.44. The summed E-state index contributed by atoms with van der Waals surface area (Å²) in [5, 5.41) is 6.55. The summed E-state index contributed by atoms with van der Waals surface area (Å²) in [5.41, 5.74) is 3.06. The molecular weight excluding hydrogens is 356 g/mol. The Hall–Kier alpha value is -3.80. The second-order valence-electron chi connectivity index (χ2n) is 6.36. The number of hydrogen-bond acceptors (Lipinski definition) is 4. The Morgan fingerprint density at radius 3 is 2.43 bits per heavy atom. The van der Waals surface area contributed by atoms with E-state index in [4.69, 9.17) is 8.83 Å². The Labute approximate surface area is 161 Å². The lowest BCUT2D eigenvalue weighted by molar-refractivity contribution is 0.0924. The minimum atomic E-state index is -0.314. The van der Waals surface area contributed by atoms with Crippen LogP contribution >= 0.6 is 0 Å². The fourth-order valence-electron chi connectivity index (χ4n) is 2.96. The maximum absolute atomic E-state index is 12.5. The molecule has 0 saturated carbocycles. The minimum Gasteiger partial charge on any atom is -0.459 e. The molecule has 140 valence electrons. The molecule has 0 spiro atoms. The summed E-state index contributed by atoms with van der Waals surface area (Å²) in [4.78, 5) is 24.4. The van der Waals surface area contributed by atoms with Crippen LogP contribution in [0, 0.1) is 6.92 Å². The van der Waals surface area contributed by atoms with Crippen LogP contribution in [0.25, 0.3) is 11.0 Å². The number of furan rings is 2. The summed E-state index contributed by atoms with van der Waals surface area (Å²) in [6, 6.07) is 18.0.